The van der Waals surface area contributed by atoms with Crippen molar-refractivity contribution in [2.24, 2.45) is 5.41 Å². The van der Waals surface area contributed by atoms with Crippen molar-refractivity contribution >= 4 is 31.9 Å². The molecule has 1 aliphatic carbocycles. The smallest absolute Gasteiger partial charge is 0.137 e. The average molecular weight is 405 g/mol. The maximum absolute atomic E-state index is 5.50. The summed E-state index contributed by atoms with van der Waals surface area (Å²) >= 11 is 7.11. The summed E-state index contributed by atoms with van der Waals surface area (Å²) < 4.78 is 7.57. The molecule has 0 spiro atoms. The van der Waals surface area contributed by atoms with Crippen LogP contribution in [-0.2, 0) is 6.54 Å². The first-order valence-electron chi connectivity index (χ1n) is 7.16. The highest BCUT2D eigenvalue weighted by Crippen LogP contribution is 2.36. The quantitative estimate of drug-likeness (QED) is 0.736. The van der Waals surface area contributed by atoms with E-state index < -0.39 is 0 Å². The Morgan fingerprint density at radius 1 is 1.35 bits per heavy atom. The van der Waals surface area contributed by atoms with Crippen LogP contribution in [0.25, 0.3) is 0 Å². The molecule has 112 valence electrons. The van der Waals surface area contributed by atoms with Gasteiger partial charge in [-0.3, -0.25) is 0 Å². The molecule has 1 aromatic carbocycles. The zero-order valence-electron chi connectivity index (χ0n) is 12.4. The molecule has 2 nitrogen and oxygen atoms in total. The lowest BCUT2D eigenvalue weighted by atomic mass is 9.75. The molecule has 0 saturated heterocycles. The lowest BCUT2D eigenvalue weighted by molar-refractivity contribution is 0.197. The van der Waals surface area contributed by atoms with E-state index in [1.807, 2.05) is 6.07 Å². The van der Waals surface area contributed by atoms with Gasteiger partial charge in [0.2, 0.25) is 0 Å². The van der Waals surface area contributed by atoms with E-state index in [1.54, 1.807) is 7.11 Å². The van der Waals surface area contributed by atoms with Gasteiger partial charge in [0.1, 0.15) is 5.75 Å². The number of hydrogen-bond acceptors (Lipinski definition) is 2. The zero-order chi connectivity index (χ0) is 14.8. The van der Waals surface area contributed by atoms with Crippen LogP contribution in [0.1, 0.15) is 45.1 Å². The van der Waals surface area contributed by atoms with Gasteiger partial charge >= 0.3 is 0 Å². The van der Waals surface area contributed by atoms with Crippen molar-refractivity contribution in [3.8, 4) is 5.75 Å². The Morgan fingerprint density at radius 3 is 2.75 bits per heavy atom. The summed E-state index contributed by atoms with van der Waals surface area (Å²) in [6.07, 6.45) is 5.20. The molecule has 1 N–H and O–H groups in total. The second-order valence-electron chi connectivity index (χ2n) is 6.42. The molecule has 1 atom stereocenters. The summed E-state index contributed by atoms with van der Waals surface area (Å²) in [6.45, 7) is 5.59. The lowest BCUT2D eigenvalue weighted by Crippen LogP contribution is -2.36. The Kier molecular flexibility index (Phi) is 5.55. The first-order valence-corrected chi connectivity index (χ1v) is 8.75. The van der Waals surface area contributed by atoms with Crippen LogP contribution >= 0.6 is 31.9 Å². The molecule has 0 bridgehead atoms. The number of rotatable bonds is 4. The van der Waals surface area contributed by atoms with Gasteiger partial charge in [-0.25, -0.2) is 0 Å². The molecule has 2 rings (SSSR count). The van der Waals surface area contributed by atoms with Crippen molar-refractivity contribution in [1.29, 1.82) is 0 Å². The summed E-state index contributed by atoms with van der Waals surface area (Å²) in [5.41, 5.74) is 1.66. The first-order chi connectivity index (χ1) is 9.41. The molecule has 20 heavy (non-hydrogen) atoms. The molecule has 0 aliphatic heterocycles. The van der Waals surface area contributed by atoms with Crippen LogP contribution < -0.4 is 10.1 Å². The summed E-state index contributed by atoms with van der Waals surface area (Å²) in [5, 5.41) is 3.70. The molecule has 1 saturated carbocycles. The summed E-state index contributed by atoms with van der Waals surface area (Å²) in [5.74, 6) is 0.927. The minimum absolute atomic E-state index is 0.470. The Labute approximate surface area is 138 Å². The van der Waals surface area contributed by atoms with E-state index in [9.17, 15) is 0 Å². The van der Waals surface area contributed by atoms with E-state index in [2.05, 4.69) is 57.1 Å². The lowest BCUT2D eigenvalue weighted by Gasteiger charge is -2.35. The molecule has 1 fully saturated rings. The first kappa shape index (κ1) is 16.3. The number of hydrogen-bond donors (Lipinski definition) is 1. The molecule has 4 heteroatoms. The number of halogens is 2. The Balaban J connectivity index is 2.04. The van der Waals surface area contributed by atoms with Crippen LogP contribution in [0.5, 0.6) is 5.75 Å². The molecule has 0 aromatic heterocycles. The van der Waals surface area contributed by atoms with Gasteiger partial charge in [0.05, 0.1) is 11.6 Å². The van der Waals surface area contributed by atoms with Gasteiger partial charge in [-0.2, -0.15) is 0 Å². The molecule has 0 radical (unpaired) electrons. The topological polar surface area (TPSA) is 21.3 Å². The van der Waals surface area contributed by atoms with Gasteiger partial charge in [-0.15, -0.1) is 0 Å². The largest absolute Gasteiger partial charge is 0.495 e. The number of nitrogens with one attached hydrogen (secondary N) is 1. The molecule has 0 heterocycles. The molecular formula is C16H23Br2NO. The van der Waals surface area contributed by atoms with Gasteiger partial charge < -0.3 is 10.1 Å². The van der Waals surface area contributed by atoms with E-state index in [0.717, 1.165) is 21.2 Å². The third kappa shape index (κ3) is 4.22. The van der Waals surface area contributed by atoms with Crippen LogP contribution in [0, 0.1) is 5.41 Å². The van der Waals surface area contributed by atoms with Gasteiger partial charge in [0, 0.05) is 22.6 Å². The van der Waals surface area contributed by atoms with Gasteiger partial charge in [0.25, 0.3) is 0 Å². The van der Waals surface area contributed by atoms with Crippen molar-refractivity contribution in [1.82, 2.24) is 5.32 Å². The van der Waals surface area contributed by atoms with Crippen LogP contribution in [0.3, 0.4) is 0 Å². The minimum atomic E-state index is 0.470. The van der Waals surface area contributed by atoms with Crippen molar-refractivity contribution in [2.45, 2.75) is 52.1 Å². The number of ether oxygens (including phenoxy) is 1. The van der Waals surface area contributed by atoms with E-state index >= 15 is 0 Å². The van der Waals surface area contributed by atoms with Crippen molar-refractivity contribution in [2.75, 3.05) is 7.11 Å². The third-order valence-electron chi connectivity index (χ3n) is 4.08. The maximum Gasteiger partial charge on any atom is 0.137 e. The summed E-state index contributed by atoms with van der Waals surface area (Å²) in [4.78, 5) is 0. The molecule has 0 amide bonds. The number of benzene rings is 1. The monoisotopic (exact) mass is 403 g/mol. The maximum atomic E-state index is 5.50. The molecule has 1 unspecified atom stereocenters. The fourth-order valence-electron chi connectivity index (χ4n) is 3.10. The van der Waals surface area contributed by atoms with Crippen LogP contribution in [0.4, 0.5) is 0 Å². The van der Waals surface area contributed by atoms with Crippen molar-refractivity contribution in [3.63, 3.8) is 0 Å². The van der Waals surface area contributed by atoms with Gasteiger partial charge in [-0.05, 0) is 52.7 Å². The Bertz CT molecular complexity index is 474. The second-order valence-corrected chi connectivity index (χ2v) is 8.19. The number of methoxy groups -OCH3 is 1. The highest BCUT2D eigenvalue weighted by atomic mass is 79.9. The highest BCUT2D eigenvalue weighted by Gasteiger charge is 2.27. The minimum Gasteiger partial charge on any atom is -0.495 e. The summed E-state index contributed by atoms with van der Waals surface area (Å²) in [7, 11) is 1.72. The van der Waals surface area contributed by atoms with E-state index in [-0.39, 0.29) is 0 Å². The van der Waals surface area contributed by atoms with Crippen LogP contribution in [-0.4, -0.2) is 13.2 Å². The second kappa shape index (κ2) is 6.80. The zero-order valence-corrected chi connectivity index (χ0v) is 15.6. The van der Waals surface area contributed by atoms with Crippen molar-refractivity contribution in [3.05, 3.63) is 26.6 Å². The fraction of sp³-hybridized carbons (Fsp3) is 0.625. The standard InChI is InChI=1S/C16H23Br2NO/c1-16(2)6-4-5-13(9-16)19-10-11-7-12(17)8-14(18)15(11)20-3/h7-8,13,19H,4-6,9-10H2,1-3H3. The molecule has 1 aliphatic rings. The van der Waals surface area contributed by atoms with Crippen LogP contribution in [0.15, 0.2) is 21.1 Å². The Morgan fingerprint density at radius 2 is 2.10 bits per heavy atom. The SMILES string of the molecule is COc1c(Br)cc(Br)cc1CNC1CCCC(C)(C)C1. The van der Waals surface area contributed by atoms with Crippen LogP contribution in [0.2, 0.25) is 0 Å². The predicted octanol–water partition coefficient (Wildman–Crippen LogP) is 5.28. The van der Waals surface area contributed by atoms with Gasteiger partial charge in [0.15, 0.2) is 0 Å². The van der Waals surface area contributed by atoms with E-state index in [1.165, 1.54) is 31.2 Å². The normalized spacial score (nSPS) is 21.8. The van der Waals surface area contributed by atoms with Gasteiger partial charge in [-0.1, -0.05) is 36.2 Å². The van der Waals surface area contributed by atoms with E-state index in [0.29, 0.717) is 11.5 Å². The van der Waals surface area contributed by atoms with Crippen molar-refractivity contribution < 1.29 is 4.74 Å². The molecule has 1 aromatic rings. The fourth-order valence-corrected chi connectivity index (χ4v) is 4.58. The highest BCUT2D eigenvalue weighted by molar-refractivity contribution is 9.11. The van der Waals surface area contributed by atoms with E-state index in [4.69, 9.17) is 4.74 Å². The molecular weight excluding hydrogens is 382 g/mol. The predicted molar refractivity (Wildman–Crippen MR) is 91.3 cm³/mol. The average Bonchev–Trinajstić information content (AvgIpc) is 2.34. The summed E-state index contributed by atoms with van der Waals surface area (Å²) in [6, 6.07) is 4.76. The Hall–Kier alpha value is -0.0600. The third-order valence-corrected chi connectivity index (χ3v) is 5.12.